The fourth-order valence-electron chi connectivity index (χ4n) is 5.70. The van der Waals surface area contributed by atoms with E-state index in [0.29, 0.717) is 0 Å². The zero-order valence-electron chi connectivity index (χ0n) is 17.2. The third-order valence-electron chi connectivity index (χ3n) is 6.95. The Bertz CT molecular complexity index is 1930. The van der Waals surface area contributed by atoms with Gasteiger partial charge in [-0.1, -0.05) is 72.8 Å². The van der Waals surface area contributed by atoms with Gasteiger partial charge in [-0.3, -0.25) is 0 Å². The Morgan fingerprint density at radius 2 is 0.969 bits per heavy atom. The van der Waals surface area contributed by atoms with Crippen molar-refractivity contribution in [1.82, 2.24) is 4.57 Å². The fourth-order valence-corrected chi connectivity index (χ4v) is 6.84. The van der Waals surface area contributed by atoms with E-state index in [9.17, 15) is 0 Å². The molecule has 148 valence electrons. The molecule has 2 heterocycles. The van der Waals surface area contributed by atoms with Crippen LogP contribution in [0.1, 0.15) is 0 Å². The van der Waals surface area contributed by atoms with Gasteiger partial charge in [-0.25, -0.2) is 0 Å². The lowest BCUT2D eigenvalue weighted by Gasteiger charge is -2.15. The Hall–Kier alpha value is -3.88. The summed E-state index contributed by atoms with van der Waals surface area (Å²) in [5.41, 5.74) is 3.77. The van der Waals surface area contributed by atoms with Crippen LogP contribution in [-0.2, 0) is 0 Å². The zero-order chi connectivity index (χ0) is 20.8. The molecule has 0 atom stereocenters. The molecule has 0 N–H and O–H groups in total. The van der Waals surface area contributed by atoms with Gasteiger partial charge in [-0.15, -0.1) is 11.3 Å². The molecule has 0 aliphatic carbocycles. The van der Waals surface area contributed by atoms with Gasteiger partial charge in [0.25, 0.3) is 0 Å². The highest BCUT2D eigenvalue weighted by Gasteiger charge is 2.20. The van der Waals surface area contributed by atoms with Gasteiger partial charge in [0.1, 0.15) is 0 Å². The molecule has 0 saturated carbocycles. The van der Waals surface area contributed by atoms with Crippen LogP contribution in [0.5, 0.6) is 0 Å². The first kappa shape index (κ1) is 16.8. The minimum absolute atomic E-state index is 1.26. The molecule has 0 aliphatic heterocycles. The number of nitrogens with zero attached hydrogens (tertiary/aromatic N) is 1. The number of fused-ring (bicyclic) bond motifs is 6. The maximum Gasteiger partial charge on any atom is 0.0548 e. The van der Waals surface area contributed by atoms with Crippen molar-refractivity contribution in [3.05, 3.63) is 103 Å². The van der Waals surface area contributed by atoms with Crippen molar-refractivity contribution in [2.75, 3.05) is 0 Å². The summed E-state index contributed by atoms with van der Waals surface area (Å²) in [6, 6.07) is 37.8. The van der Waals surface area contributed by atoms with Crippen molar-refractivity contribution in [1.29, 1.82) is 0 Å². The predicted octanol–water partition coefficient (Wildman–Crippen LogP) is 8.90. The van der Waals surface area contributed by atoms with E-state index in [2.05, 4.69) is 108 Å². The van der Waals surface area contributed by atoms with Gasteiger partial charge in [0.05, 0.1) is 16.7 Å². The molecular weight excluding hydrogens is 406 g/mol. The monoisotopic (exact) mass is 423 g/mol. The average molecular weight is 424 g/mol. The van der Waals surface area contributed by atoms with E-state index < -0.39 is 0 Å². The number of para-hydroxylation sites is 2. The van der Waals surface area contributed by atoms with Crippen LogP contribution in [0.25, 0.3) is 69.2 Å². The van der Waals surface area contributed by atoms with E-state index in [4.69, 9.17) is 0 Å². The second-order valence-corrected chi connectivity index (χ2v) is 9.61. The number of hydrogen-bond donors (Lipinski definition) is 0. The normalized spacial score (nSPS) is 12.4. The van der Waals surface area contributed by atoms with Crippen LogP contribution in [0.15, 0.2) is 103 Å². The van der Waals surface area contributed by atoms with Crippen LogP contribution in [0.3, 0.4) is 0 Å². The summed E-state index contributed by atoms with van der Waals surface area (Å²) in [5, 5.41) is 10.8. The standard InChI is InChI=1S/C30H17NS/c1-2-11-21-18(8-1)22-12-7-15-26-29(22)30-27(32-26)17-16-25(28(21)30)31-23-13-5-3-9-19(23)20-10-4-6-14-24(20)31/h1-17H. The molecule has 0 unspecified atom stereocenters. The Balaban J connectivity index is 1.70. The number of rotatable bonds is 1. The first-order valence-corrected chi connectivity index (χ1v) is 11.8. The van der Waals surface area contributed by atoms with Crippen molar-refractivity contribution >= 4 is 74.9 Å². The van der Waals surface area contributed by atoms with E-state index in [1.165, 1.54) is 69.2 Å². The Labute approximate surface area is 188 Å². The molecule has 0 spiro atoms. The first-order chi connectivity index (χ1) is 15.9. The molecule has 8 rings (SSSR count). The molecule has 6 aromatic carbocycles. The first-order valence-electron chi connectivity index (χ1n) is 11.0. The molecule has 2 heteroatoms. The molecule has 0 fully saturated rings. The summed E-state index contributed by atoms with van der Waals surface area (Å²) >= 11 is 1.90. The van der Waals surface area contributed by atoms with Gasteiger partial charge >= 0.3 is 0 Å². The Morgan fingerprint density at radius 3 is 1.72 bits per heavy atom. The molecule has 1 nitrogen and oxygen atoms in total. The van der Waals surface area contributed by atoms with E-state index in [-0.39, 0.29) is 0 Å². The number of thiophene rings is 1. The lowest BCUT2D eigenvalue weighted by atomic mass is 9.93. The summed E-state index contributed by atoms with van der Waals surface area (Å²) in [6.45, 7) is 0. The molecule has 0 aliphatic rings. The van der Waals surface area contributed by atoms with Gasteiger partial charge < -0.3 is 4.57 Å². The molecule has 2 aromatic heterocycles. The third-order valence-corrected chi connectivity index (χ3v) is 8.07. The van der Waals surface area contributed by atoms with Crippen molar-refractivity contribution in [2.45, 2.75) is 0 Å². The second kappa shape index (κ2) is 5.87. The lowest BCUT2D eigenvalue weighted by molar-refractivity contribution is 1.20. The van der Waals surface area contributed by atoms with E-state index >= 15 is 0 Å². The average Bonchev–Trinajstić information content (AvgIpc) is 3.39. The predicted molar refractivity (Wildman–Crippen MR) is 140 cm³/mol. The molecule has 0 bridgehead atoms. The Kier molecular flexibility index (Phi) is 3.08. The summed E-state index contributed by atoms with van der Waals surface area (Å²) in [4.78, 5) is 0. The van der Waals surface area contributed by atoms with Crippen LogP contribution in [0.4, 0.5) is 0 Å². The van der Waals surface area contributed by atoms with Gasteiger partial charge in [-0.05, 0) is 46.5 Å². The van der Waals surface area contributed by atoms with Crippen molar-refractivity contribution < 1.29 is 0 Å². The summed E-state index contributed by atoms with van der Waals surface area (Å²) in [6.07, 6.45) is 0. The maximum absolute atomic E-state index is 2.47. The highest BCUT2D eigenvalue weighted by atomic mass is 32.1. The van der Waals surface area contributed by atoms with E-state index in [0.717, 1.165) is 0 Å². The minimum atomic E-state index is 1.26. The summed E-state index contributed by atoms with van der Waals surface area (Å²) in [7, 11) is 0. The lowest BCUT2D eigenvalue weighted by Crippen LogP contribution is -1.96. The molecule has 0 radical (unpaired) electrons. The summed E-state index contributed by atoms with van der Waals surface area (Å²) < 4.78 is 5.20. The quantitative estimate of drug-likeness (QED) is 0.232. The van der Waals surface area contributed by atoms with E-state index in [1.54, 1.807) is 0 Å². The van der Waals surface area contributed by atoms with Crippen LogP contribution >= 0.6 is 11.3 Å². The van der Waals surface area contributed by atoms with Gasteiger partial charge in [-0.2, -0.15) is 0 Å². The topological polar surface area (TPSA) is 4.93 Å². The van der Waals surface area contributed by atoms with Gasteiger partial charge in [0.15, 0.2) is 0 Å². The number of aromatic nitrogens is 1. The van der Waals surface area contributed by atoms with Crippen molar-refractivity contribution in [3.8, 4) is 5.69 Å². The van der Waals surface area contributed by atoms with Crippen molar-refractivity contribution in [3.63, 3.8) is 0 Å². The summed E-state index contributed by atoms with van der Waals surface area (Å²) in [5.74, 6) is 0. The molecule has 32 heavy (non-hydrogen) atoms. The second-order valence-electron chi connectivity index (χ2n) is 8.53. The largest absolute Gasteiger partial charge is 0.309 e. The van der Waals surface area contributed by atoms with Crippen LogP contribution in [0.2, 0.25) is 0 Å². The fraction of sp³-hybridized carbons (Fsp3) is 0. The van der Waals surface area contributed by atoms with Gasteiger partial charge in [0, 0.05) is 36.3 Å². The highest BCUT2D eigenvalue weighted by molar-refractivity contribution is 7.26. The van der Waals surface area contributed by atoms with Gasteiger partial charge in [0.2, 0.25) is 0 Å². The maximum atomic E-state index is 2.47. The molecular formula is C30H17NS. The van der Waals surface area contributed by atoms with E-state index in [1.807, 2.05) is 11.3 Å². The van der Waals surface area contributed by atoms with Crippen LogP contribution in [0, 0.1) is 0 Å². The number of hydrogen-bond acceptors (Lipinski definition) is 1. The Morgan fingerprint density at radius 1 is 0.406 bits per heavy atom. The third kappa shape index (κ3) is 1.94. The van der Waals surface area contributed by atoms with Crippen LogP contribution in [-0.4, -0.2) is 4.57 Å². The SMILES string of the molecule is c1ccc2c(c1)c1cccc3sc4ccc(-n5c6ccccc6c6ccccc65)c2c4c31. The molecule has 0 amide bonds. The minimum Gasteiger partial charge on any atom is -0.309 e. The van der Waals surface area contributed by atoms with Crippen molar-refractivity contribution in [2.24, 2.45) is 0 Å². The zero-order valence-corrected chi connectivity index (χ0v) is 18.0. The molecule has 8 aromatic rings. The molecule has 0 saturated heterocycles. The van der Waals surface area contributed by atoms with Crippen LogP contribution < -0.4 is 0 Å². The highest BCUT2D eigenvalue weighted by Crippen LogP contribution is 2.47. The smallest absolute Gasteiger partial charge is 0.0548 e. The number of benzene rings is 6.